The molecule has 2 heterocycles. The number of para-hydroxylation sites is 2. The van der Waals surface area contributed by atoms with E-state index in [2.05, 4.69) is 25.7 Å². The molecule has 0 spiro atoms. The zero-order chi connectivity index (χ0) is 19.2. The summed E-state index contributed by atoms with van der Waals surface area (Å²) in [6, 6.07) is 7.41. The van der Waals surface area contributed by atoms with Crippen LogP contribution in [0.1, 0.15) is 18.9 Å². The van der Waals surface area contributed by atoms with Crippen molar-refractivity contribution in [3.63, 3.8) is 0 Å². The van der Waals surface area contributed by atoms with E-state index in [9.17, 15) is 4.79 Å². The van der Waals surface area contributed by atoms with Gasteiger partial charge in [-0.3, -0.25) is 10.1 Å². The van der Waals surface area contributed by atoms with Crippen molar-refractivity contribution in [2.45, 2.75) is 18.2 Å². The lowest BCUT2D eigenvalue weighted by Crippen LogP contribution is -2.14. The number of carbonyl (C=O) groups is 1. The van der Waals surface area contributed by atoms with Gasteiger partial charge in [-0.25, -0.2) is 0 Å². The summed E-state index contributed by atoms with van der Waals surface area (Å²) in [5.74, 6) is 1.93. The molecule has 142 valence electrons. The van der Waals surface area contributed by atoms with Gasteiger partial charge in [0.05, 0.1) is 12.9 Å². The first kappa shape index (κ1) is 19.1. The fourth-order valence-corrected chi connectivity index (χ4v) is 3.46. The molecule has 1 atom stereocenters. The molecule has 0 aliphatic rings. The summed E-state index contributed by atoms with van der Waals surface area (Å²) >= 11 is 2.55. The Labute approximate surface area is 164 Å². The largest absolute Gasteiger partial charge is 0.493 e. The number of benzene rings is 1. The molecule has 1 amide bonds. The second kappa shape index (κ2) is 8.82. The van der Waals surface area contributed by atoms with Crippen molar-refractivity contribution < 1.29 is 14.3 Å². The quantitative estimate of drug-likeness (QED) is 0.569. The number of hydrogen-bond donors (Lipinski definition) is 1. The highest BCUT2D eigenvalue weighted by Gasteiger charge is 2.19. The summed E-state index contributed by atoms with van der Waals surface area (Å²) in [5.41, 5.74) is 1.56. The van der Waals surface area contributed by atoms with Gasteiger partial charge in [-0.1, -0.05) is 35.2 Å². The van der Waals surface area contributed by atoms with Crippen LogP contribution in [-0.4, -0.2) is 43.7 Å². The van der Waals surface area contributed by atoms with Gasteiger partial charge in [-0.2, -0.15) is 0 Å². The van der Waals surface area contributed by atoms with Crippen molar-refractivity contribution in [1.82, 2.24) is 25.0 Å². The minimum Gasteiger partial charge on any atom is -0.493 e. The predicted octanol–water partition coefficient (Wildman–Crippen LogP) is 2.55. The Morgan fingerprint density at radius 1 is 1.30 bits per heavy atom. The van der Waals surface area contributed by atoms with Gasteiger partial charge in [0.1, 0.15) is 5.51 Å². The maximum absolute atomic E-state index is 12.0. The molecule has 0 saturated heterocycles. The fraction of sp³-hybridized carbons (Fsp3) is 0.312. The summed E-state index contributed by atoms with van der Waals surface area (Å²) in [4.78, 5) is 12.0. The van der Waals surface area contributed by atoms with E-state index < -0.39 is 0 Å². The van der Waals surface area contributed by atoms with Gasteiger partial charge in [-0.15, -0.1) is 20.4 Å². The van der Waals surface area contributed by atoms with E-state index in [4.69, 9.17) is 9.47 Å². The number of carbonyl (C=O) groups excluding carboxylic acids is 1. The molecule has 1 N–H and O–H groups in total. The zero-order valence-electron chi connectivity index (χ0n) is 14.9. The summed E-state index contributed by atoms with van der Waals surface area (Å²) in [5, 5.41) is 19.6. The average molecular weight is 406 g/mol. The number of nitrogens with zero attached hydrogens (tertiary/aromatic N) is 5. The van der Waals surface area contributed by atoms with E-state index in [1.165, 1.54) is 23.1 Å². The number of rotatable bonds is 8. The third-order valence-electron chi connectivity index (χ3n) is 3.54. The van der Waals surface area contributed by atoms with Gasteiger partial charge in [-0.05, 0) is 19.1 Å². The third-order valence-corrected chi connectivity index (χ3v) is 5.17. The van der Waals surface area contributed by atoms with Crippen LogP contribution < -0.4 is 14.8 Å². The Hall–Kier alpha value is -2.66. The molecule has 11 heteroatoms. The van der Waals surface area contributed by atoms with Gasteiger partial charge < -0.3 is 14.0 Å². The van der Waals surface area contributed by atoms with Crippen LogP contribution in [0.15, 0.2) is 34.9 Å². The van der Waals surface area contributed by atoms with Crippen molar-refractivity contribution in [2.75, 3.05) is 18.2 Å². The van der Waals surface area contributed by atoms with E-state index in [-0.39, 0.29) is 17.8 Å². The highest BCUT2D eigenvalue weighted by Crippen LogP contribution is 2.30. The van der Waals surface area contributed by atoms with Gasteiger partial charge in [0, 0.05) is 7.05 Å². The van der Waals surface area contributed by atoms with Crippen molar-refractivity contribution in [1.29, 1.82) is 0 Å². The highest BCUT2D eigenvalue weighted by atomic mass is 32.2. The van der Waals surface area contributed by atoms with Crippen molar-refractivity contribution in [3.05, 3.63) is 35.6 Å². The molecular weight excluding hydrogens is 388 g/mol. The lowest BCUT2D eigenvalue weighted by Gasteiger charge is -2.16. The zero-order valence-corrected chi connectivity index (χ0v) is 16.6. The maximum Gasteiger partial charge on any atom is 0.236 e. The van der Waals surface area contributed by atoms with Crippen LogP contribution in [-0.2, 0) is 11.8 Å². The highest BCUT2D eigenvalue weighted by molar-refractivity contribution is 7.99. The Bertz CT molecular complexity index is 899. The van der Waals surface area contributed by atoms with Gasteiger partial charge in [0.15, 0.2) is 28.6 Å². The number of methoxy groups -OCH3 is 1. The molecule has 1 unspecified atom stereocenters. The topological polar surface area (TPSA) is 104 Å². The monoisotopic (exact) mass is 406 g/mol. The van der Waals surface area contributed by atoms with Gasteiger partial charge in [0.25, 0.3) is 0 Å². The maximum atomic E-state index is 12.0. The first-order chi connectivity index (χ1) is 13.1. The smallest absolute Gasteiger partial charge is 0.236 e. The average Bonchev–Trinajstić information content (AvgIpc) is 3.30. The van der Waals surface area contributed by atoms with Crippen LogP contribution >= 0.6 is 23.1 Å². The molecular formula is C16H18N6O3S2. The van der Waals surface area contributed by atoms with E-state index in [0.29, 0.717) is 27.6 Å². The molecule has 0 aliphatic heterocycles. The molecule has 3 rings (SSSR count). The van der Waals surface area contributed by atoms with Crippen LogP contribution in [0.4, 0.5) is 5.13 Å². The number of nitrogens with one attached hydrogen (secondary N) is 1. The van der Waals surface area contributed by atoms with E-state index in [1.807, 2.05) is 42.8 Å². The van der Waals surface area contributed by atoms with Crippen molar-refractivity contribution in [3.8, 4) is 11.5 Å². The van der Waals surface area contributed by atoms with Crippen LogP contribution in [0, 0.1) is 0 Å². The van der Waals surface area contributed by atoms with E-state index in [1.54, 1.807) is 12.6 Å². The molecule has 2 aromatic heterocycles. The van der Waals surface area contributed by atoms with Crippen LogP contribution in [0.5, 0.6) is 11.5 Å². The number of anilines is 1. The number of ether oxygens (including phenoxy) is 2. The number of hydrogen-bond acceptors (Lipinski definition) is 9. The molecule has 0 bridgehead atoms. The predicted molar refractivity (Wildman–Crippen MR) is 102 cm³/mol. The minimum atomic E-state index is -0.344. The first-order valence-electron chi connectivity index (χ1n) is 7.96. The lowest BCUT2D eigenvalue weighted by atomic mass is 10.3. The molecule has 27 heavy (non-hydrogen) atoms. The Balaban J connectivity index is 1.61. The first-order valence-corrected chi connectivity index (χ1v) is 9.82. The molecule has 1 aromatic carbocycles. The standard InChI is InChI=1S/C16H18N6O3S2/c1-10(25-12-7-5-4-6-11(12)24-3)14-19-21-16(22(14)2)26-8-13(23)18-15-20-17-9-27-15/h4-7,9-10H,8H2,1-3H3,(H,18,20,23). The Morgan fingerprint density at radius 3 is 2.78 bits per heavy atom. The van der Waals surface area contributed by atoms with Crippen LogP contribution in [0.25, 0.3) is 0 Å². The van der Waals surface area contributed by atoms with Crippen molar-refractivity contribution in [2.24, 2.45) is 7.05 Å². The minimum absolute atomic E-state index is 0.181. The summed E-state index contributed by atoms with van der Waals surface area (Å²) in [7, 11) is 3.43. The van der Waals surface area contributed by atoms with E-state index in [0.717, 1.165) is 0 Å². The molecule has 0 aliphatic carbocycles. The SMILES string of the molecule is COc1ccccc1OC(C)c1nnc(SCC(=O)Nc2nncs2)n1C. The Morgan fingerprint density at radius 2 is 2.07 bits per heavy atom. The molecule has 0 radical (unpaired) electrons. The molecule has 0 fully saturated rings. The third kappa shape index (κ3) is 4.74. The fourth-order valence-electron chi connectivity index (χ4n) is 2.28. The second-order valence-electron chi connectivity index (χ2n) is 5.39. The van der Waals surface area contributed by atoms with E-state index >= 15 is 0 Å². The molecule has 9 nitrogen and oxygen atoms in total. The van der Waals surface area contributed by atoms with Crippen LogP contribution in [0.2, 0.25) is 0 Å². The second-order valence-corrected chi connectivity index (χ2v) is 7.17. The summed E-state index contributed by atoms with van der Waals surface area (Å²) in [6.07, 6.45) is -0.344. The lowest BCUT2D eigenvalue weighted by molar-refractivity contribution is -0.113. The number of amides is 1. The Kier molecular flexibility index (Phi) is 6.24. The molecule has 0 saturated carbocycles. The van der Waals surface area contributed by atoms with Gasteiger partial charge >= 0.3 is 0 Å². The molecule has 3 aromatic rings. The normalized spacial score (nSPS) is 11.8. The van der Waals surface area contributed by atoms with Gasteiger partial charge in [0.2, 0.25) is 11.0 Å². The number of thioether (sulfide) groups is 1. The summed E-state index contributed by atoms with van der Waals surface area (Å²) < 4.78 is 13.1. The number of aromatic nitrogens is 5. The van der Waals surface area contributed by atoms with Crippen LogP contribution in [0.3, 0.4) is 0 Å². The van der Waals surface area contributed by atoms with Crippen molar-refractivity contribution >= 4 is 34.1 Å². The summed E-state index contributed by atoms with van der Waals surface area (Å²) in [6.45, 7) is 1.88.